The van der Waals surface area contributed by atoms with Gasteiger partial charge in [-0.15, -0.1) is 0 Å². The second kappa shape index (κ2) is 13.6. The number of aliphatic hydroxyl groups excluding tert-OH is 2. The third kappa shape index (κ3) is 6.01. The van der Waals surface area contributed by atoms with Crippen molar-refractivity contribution in [2.45, 2.75) is 113 Å². The number of esters is 1. The van der Waals surface area contributed by atoms with Gasteiger partial charge in [0.05, 0.1) is 48.3 Å². The molecule has 0 radical (unpaired) electrons. The minimum Gasteiger partial charge on any atom is -0.507 e. The Labute approximate surface area is 289 Å². The van der Waals surface area contributed by atoms with Gasteiger partial charge in [-0.1, -0.05) is 19.1 Å². The van der Waals surface area contributed by atoms with Crippen molar-refractivity contribution in [2.75, 3.05) is 21.2 Å². The smallest absolute Gasteiger partial charge is 0.316 e. The van der Waals surface area contributed by atoms with Crippen molar-refractivity contribution in [3.63, 3.8) is 0 Å². The first kappa shape index (κ1) is 36.3. The second-order valence-corrected chi connectivity index (χ2v) is 14.0. The fourth-order valence-corrected chi connectivity index (χ4v) is 7.97. The maximum absolute atomic E-state index is 13.8. The minimum absolute atomic E-state index is 0.0328. The van der Waals surface area contributed by atoms with Gasteiger partial charge in [0.2, 0.25) is 5.78 Å². The Balaban J connectivity index is 1.37. The number of ether oxygens (including phenoxy) is 5. The zero-order chi connectivity index (χ0) is 36.4. The van der Waals surface area contributed by atoms with Crippen LogP contribution >= 0.6 is 0 Å². The molecule has 5 N–H and O–H groups in total. The summed E-state index contributed by atoms with van der Waals surface area (Å²) in [5, 5.41) is 54.9. The number of nitrogens with zero attached hydrogens (tertiary/aromatic N) is 1. The van der Waals surface area contributed by atoms with Gasteiger partial charge in [-0.3, -0.25) is 14.4 Å². The summed E-state index contributed by atoms with van der Waals surface area (Å²) in [6.45, 7) is 5.14. The first-order chi connectivity index (χ1) is 23.6. The summed E-state index contributed by atoms with van der Waals surface area (Å²) in [5.74, 6) is -4.56. The quantitative estimate of drug-likeness (QED) is 0.224. The number of benzene rings is 2. The number of hydrogen-bond acceptors (Lipinski definition) is 14. The summed E-state index contributed by atoms with van der Waals surface area (Å²) >= 11 is 0. The van der Waals surface area contributed by atoms with E-state index in [1.54, 1.807) is 20.8 Å². The number of carbonyl (C=O) groups is 3. The molecule has 14 nitrogen and oxygen atoms in total. The average molecular weight is 700 g/mol. The molecule has 50 heavy (non-hydrogen) atoms. The van der Waals surface area contributed by atoms with E-state index in [1.165, 1.54) is 31.4 Å². The first-order valence-electron chi connectivity index (χ1n) is 16.9. The Morgan fingerprint density at radius 1 is 0.980 bits per heavy atom. The van der Waals surface area contributed by atoms with E-state index < -0.39 is 89.8 Å². The van der Waals surface area contributed by atoms with Gasteiger partial charge in [0, 0.05) is 42.0 Å². The van der Waals surface area contributed by atoms with Crippen LogP contribution in [0.4, 0.5) is 0 Å². The Hall–Kier alpha value is -3.47. The van der Waals surface area contributed by atoms with Crippen molar-refractivity contribution >= 4 is 17.5 Å². The highest BCUT2D eigenvalue weighted by Crippen LogP contribution is 2.54. The van der Waals surface area contributed by atoms with E-state index in [2.05, 4.69) is 0 Å². The van der Waals surface area contributed by atoms with E-state index >= 15 is 0 Å². The van der Waals surface area contributed by atoms with Gasteiger partial charge >= 0.3 is 5.97 Å². The minimum atomic E-state index is -1.74. The van der Waals surface area contributed by atoms with Crippen LogP contribution in [0.5, 0.6) is 11.5 Å². The number of methoxy groups -OCH3 is 1. The van der Waals surface area contributed by atoms with E-state index in [4.69, 9.17) is 23.7 Å². The molecule has 14 heteroatoms. The molecule has 11 atom stereocenters. The highest BCUT2D eigenvalue weighted by Gasteiger charge is 2.53. The fraction of sp³-hybridized carbons (Fsp3) is 0.583. The molecular formula is C36H45NO13. The number of aromatic hydroxyl groups is 2. The van der Waals surface area contributed by atoms with Gasteiger partial charge in [-0.05, 0) is 52.1 Å². The standard InChI is InChI=1S/C36H45NO13/c1-7-36(45)14-23(49-24-12-20(37(4)5)34(16(3)48-24)50-25-13-22(39)30(40)15(2)47-25)27-18(29(36)35(44)46-6)11-19-28(33(27)43)32(42)26-17(31(19)41)9-8-10-21(26)38/h8-11,15-16,20,22-25,29-30,34,38-40,43,45H,7,12-14H2,1-6H3/t15-,16-,20-,22-,23-,24-,25-,29-,30+,34+,36+/m0/s1. The Morgan fingerprint density at radius 2 is 1.66 bits per heavy atom. The molecule has 2 aromatic rings. The van der Waals surface area contributed by atoms with Crippen LogP contribution in [0.1, 0.15) is 101 Å². The van der Waals surface area contributed by atoms with Gasteiger partial charge < -0.3 is 54.1 Å². The molecule has 0 amide bonds. The molecule has 272 valence electrons. The summed E-state index contributed by atoms with van der Waals surface area (Å²) in [6, 6.07) is 5.13. The lowest BCUT2D eigenvalue weighted by Gasteiger charge is -2.48. The van der Waals surface area contributed by atoms with Crippen LogP contribution in [0.3, 0.4) is 0 Å². The summed E-state index contributed by atoms with van der Waals surface area (Å²) in [4.78, 5) is 42.8. The van der Waals surface area contributed by atoms with Gasteiger partial charge in [0.15, 0.2) is 18.4 Å². The van der Waals surface area contributed by atoms with Crippen molar-refractivity contribution in [3.05, 3.63) is 57.6 Å². The molecule has 6 rings (SSSR count). The van der Waals surface area contributed by atoms with Crippen LogP contribution < -0.4 is 0 Å². The van der Waals surface area contributed by atoms with E-state index in [-0.39, 0.29) is 65.1 Å². The van der Waals surface area contributed by atoms with Crippen LogP contribution in [0, 0.1) is 0 Å². The van der Waals surface area contributed by atoms with E-state index in [0.29, 0.717) is 0 Å². The molecule has 0 saturated carbocycles. The van der Waals surface area contributed by atoms with Crippen molar-refractivity contribution < 1.29 is 63.6 Å². The van der Waals surface area contributed by atoms with Gasteiger partial charge in [0.1, 0.15) is 29.6 Å². The number of aliphatic hydroxyl groups is 3. The van der Waals surface area contributed by atoms with Crippen LogP contribution in [0.15, 0.2) is 24.3 Å². The lowest BCUT2D eigenvalue weighted by molar-refractivity contribution is -0.310. The number of phenols is 2. The van der Waals surface area contributed by atoms with Gasteiger partial charge in [-0.2, -0.15) is 0 Å². The molecular weight excluding hydrogens is 654 g/mol. The maximum Gasteiger partial charge on any atom is 0.316 e. The molecule has 2 heterocycles. The summed E-state index contributed by atoms with van der Waals surface area (Å²) in [6.07, 6.45) is -6.48. The van der Waals surface area contributed by atoms with Crippen LogP contribution in [-0.2, 0) is 28.5 Å². The van der Waals surface area contributed by atoms with Crippen molar-refractivity contribution in [2.24, 2.45) is 0 Å². The topological polar surface area (TPSA) is 202 Å². The molecule has 0 unspecified atom stereocenters. The SMILES string of the molecule is CC[C@@]1(O)C[C@H](O[C@H]2C[C@H](N(C)C)[C@H](O[C@H]3C[C@H](O)[C@H](O)[C@H](C)O3)[C@H](C)O2)c2c(cc3c(c2O)C(=O)c2c(O)cccc2C3=O)[C@H]1C(=O)OC. The maximum atomic E-state index is 13.8. The second-order valence-electron chi connectivity index (χ2n) is 14.0. The first-order valence-corrected chi connectivity index (χ1v) is 16.9. The normalized spacial score (nSPS) is 35.3. The number of fused-ring (bicyclic) bond motifs is 3. The van der Waals surface area contributed by atoms with E-state index in [1.807, 2.05) is 19.0 Å². The number of hydrogen-bond donors (Lipinski definition) is 5. The molecule has 2 aliphatic heterocycles. The number of likely N-dealkylation sites (N-methyl/N-ethyl adjacent to an activating group) is 1. The zero-order valence-corrected chi connectivity index (χ0v) is 28.9. The number of carbonyl (C=O) groups excluding carboxylic acids is 3. The largest absolute Gasteiger partial charge is 0.507 e. The Bertz CT molecular complexity index is 1670. The van der Waals surface area contributed by atoms with Crippen molar-refractivity contribution in [1.82, 2.24) is 4.90 Å². The van der Waals surface area contributed by atoms with E-state index in [9.17, 15) is 39.9 Å². The third-order valence-corrected chi connectivity index (χ3v) is 10.7. The molecule has 0 spiro atoms. The number of ketones is 2. The lowest BCUT2D eigenvalue weighted by atomic mass is 9.67. The summed E-state index contributed by atoms with van der Waals surface area (Å²) in [5.41, 5.74) is -2.44. The summed E-state index contributed by atoms with van der Waals surface area (Å²) < 4.78 is 30.1. The van der Waals surface area contributed by atoms with Gasteiger partial charge in [0.25, 0.3) is 0 Å². The molecule has 4 aliphatic rings. The molecule has 2 aromatic carbocycles. The Morgan fingerprint density at radius 3 is 2.30 bits per heavy atom. The van der Waals surface area contributed by atoms with Crippen molar-refractivity contribution in [1.29, 1.82) is 0 Å². The predicted octanol–water partition coefficient (Wildman–Crippen LogP) is 2.04. The molecule has 0 aromatic heterocycles. The average Bonchev–Trinajstić information content (AvgIpc) is 3.06. The van der Waals surface area contributed by atoms with Crippen LogP contribution in [-0.4, -0.2) is 124 Å². The van der Waals surface area contributed by atoms with E-state index in [0.717, 1.165) is 0 Å². The Kier molecular flexibility index (Phi) is 9.87. The van der Waals surface area contributed by atoms with Crippen LogP contribution in [0.25, 0.3) is 0 Å². The lowest BCUT2D eigenvalue weighted by Crippen LogP contribution is -2.57. The molecule has 0 bridgehead atoms. The van der Waals surface area contributed by atoms with Crippen molar-refractivity contribution in [3.8, 4) is 11.5 Å². The molecule has 2 saturated heterocycles. The number of rotatable bonds is 7. The highest BCUT2D eigenvalue weighted by molar-refractivity contribution is 6.30. The predicted molar refractivity (Wildman–Crippen MR) is 174 cm³/mol. The molecule has 2 fully saturated rings. The van der Waals surface area contributed by atoms with Gasteiger partial charge in [-0.25, -0.2) is 0 Å². The fourth-order valence-electron chi connectivity index (χ4n) is 7.97. The van der Waals surface area contributed by atoms with Crippen LogP contribution in [0.2, 0.25) is 0 Å². The number of phenolic OH excluding ortho intramolecular Hbond substituents is 2. The molecule has 2 aliphatic carbocycles. The monoisotopic (exact) mass is 699 g/mol. The summed E-state index contributed by atoms with van der Waals surface area (Å²) in [7, 11) is 4.89. The zero-order valence-electron chi connectivity index (χ0n) is 28.9. The third-order valence-electron chi connectivity index (χ3n) is 10.7. The highest BCUT2D eigenvalue weighted by atomic mass is 16.7.